The number of aliphatic hydroxyl groups is 1. The van der Waals surface area contributed by atoms with Gasteiger partial charge in [0.05, 0.1) is 6.54 Å². The smallest absolute Gasteiger partial charge is 0.102 e. The third-order valence-electron chi connectivity index (χ3n) is 1.63. The molecule has 0 aliphatic carbocycles. The van der Waals surface area contributed by atoms with Gasteiger partial charge in [-0.3, -0.25) is 0 Å². The summed E-state index contributed by atoms with van der Waals surface area (Å²) in [5.74, 6) is 0.249. The lowest BCUT2D eigenvalue weighted by atomic mass is 10.1. The first-order valence-electron chi connectivity index (χ1n) is 3.95. The van der Waals surface area contributed by atoms with E-state index in [0.717, 1.165) is 6.42 Å². The molecule has 0 bridgehead atoms. The molecule has 2 heteroatoms. The highest BCUT2D eigenvalue weighted by molar-refractivity contribution is 5.18. The number of rotatable bonds is 3. The van der Waals surface area contributed by atoms with E-state index < -0.39 is 0 Å². The highest BCUT2D eigenvalue weighted by atomic mass is 16.3. The van der Waals surface area contributed by atoms with Crippen LogP contribution in [-0.4, -0.2) is 11.7 Å². The Hall–Kier alpha value is -1.28. The normalized spacial score (nSPS) is 11.6. The number of benzene rings is 1. The first kappa shape index (κ1) is 8.81. The highest BCUT2D eigenvalue weighted by Crippen LogP contribution is 2.01. The van der Waals surface area contributed by atoms with Gasteiger partial charge in [-0.2, -0.15) is 0 Å². The summed E-state index contributed by atoms with van der Waals surface area (Å²) in [7, 11) is 0. The lowest BCUT2D eigenvalue weighted by molar-refractivity contribution is 0.401. The second-order valence-corrected chi connectivity index (χ2v) is 2.59. The molecule has 1 rings (SSSR count). The van der Waals surface area contributed by atoms with Crippen molar-refractivity contribution < 1.29 is 5.11 Å². The Bertz CT molecular complexity index is 254. The molecule has 0 saturated carbocycles. The van der Waals surface area contributed by atoms with Gasteiger partial charge in [0.15, 0.2) is 0 Å². The molecule has 0 atom stereocenters. The number of allylic oxidation sites excluding steroid dienone is 1. The molecule has 0 amide bonds. The lowest BCUT2D eigenvalue weighted by Gasteiger charge is -1.96. The molecule has 0 spiro atoms. The molecule has 0 radical (unpaired) electrons. The Morgan fingerprint density at radius 2 is 2.00 bits per heavy atom. The minimum atomic E-state index is 0.215. The van der Waals surface area contributed by atoms with Crippen LogP contribution in [0, 0.1) is 0 Å². The van der Waals surface area contributed by atoms with Crippen molar-refractivity contribution in [2.45, 2.75) is 6.42 Å². The summed E-state index contributed by atoms with van der Waals surface area (Å²) in [4.78, 5) is 0. The summed E-state index contributed by atoms with van der Waals surface area (Å²) in [5, 5.41) is 9.06. The lowest BCUT2D eigenvalue weighted by Crippen LogP contribution is -2.02. The molecule has 0 heterocycles. The van der Waals surface area contributed by atoms with Crippen LogP contribution in [0.15, 0.2) is 42.2 Å². The second-order valence-electron chi connectivity index (χ2n) is 2.59. The number of nitrogens with two attached hydrogens (primary N) is 1. The van der Waals surface area contributed by atoms with E-state index in [1.807, 2.05) is 30.3 Å². The fourth-order valence-electron chi connectivity index (χ4n) is 0.933. The Morgan fingerprint density at radius 3 is 2.58 bits per heavy atom. The van der Waals surface area contributed by atoms with Gasteiger partial charge in [-0.1, -0.05) is 30.3 Å². The molecule has 1 aromatic rings. The second kappa shape index (κ2) is 4.57. The summed E-state index contributed by atoms with van der Waals surface area (Å²) in [5.41, 5.74) is 6.40. The predicted octanol–water partition coefficient (Wildman–Crippen LogP) is 1.63. The maximum atomic E-state index is 9.06. The largest absolute Gasteiger partial charge is 0.511 e. The average Bonchev–Trinajstić information content (AvgIpc) is 2.16. The van der Waals surface area contributed by atoms with Crippen LogP contribution in [0.4, 0.5) is 0 Å². The quantitative estimate of drug-likeness (QED) is 0.665. The van der Waals surface area contributed by atoms with Crippen molar-refractivity contribution in [2.24, 2.45) is 5.73 Å². The molecule has 0 saturated heterocycles. The molecule has 12 heavy (non-hydrogen) atoms. The Labute approximate surface area is 72.3 Å². The molecule has 2 nitrogen and oxygen atoms in total. The fourth-order valence-corrected chi connectivity index (χ4v) is 0.933. The Kier molecular flexibility index (Phi) is 3.35. The van der Waals surface area contributed by atoms with Gasteiger partial charge in [-0.15, -0.1) is 0 Å². The van der Waals surface area contributed by atoms with E-state index in [-0.39, 0.29) is 12.3 Å². The first-order chi connectivity index (χ1) is 5.83. The van der Waals surface area contributed by atoms with Crippen LogP contribution in [0.3, 0.4) is 0 Å². The number of hydrogen-bond donors (Lipinski definition) is 2. The van der Waals surface area contributed by atoms with Crippen LogP contribution in [-0.2, 0) is 6.42 Å². The summed E-state index contributed by atoms with van der Waals surface area (Å²) in [6, 6.07) is 9.95. The van der Waals surface area contributed by atoms with Crippen molar-refractivity contribution in [3.05, 3.63) is 47.7 Å². The average molecular weight is 163 g/mol. The SMILES string of the molecule is NC/C(O)=C/Cc1ccccc1. The monoisotopic (exact) mass is 163 g/mol. The topological polar surface area (TPSA) is 46.2 Å². The van der Waals surface area contributed by atoms with Crippen LogP contribution in [0.2, 0.25) is 0 Å². The summed E-state index contributed by atoms with van der Waals surface area (Å²) in [6.45, 7) is 0.215. The van der Waals surface area contributed by atoms with Crippen LogP contribution in [0.25, 0.3) is 0 Å². The van der Waals surface area contributed by atoms with Gasteiger partial charge in [0, 0.05) is 0 Å². The van der Waals surface area contributed by atoms with E-state index in [1.165, 1.54) is 5.56 Å². The summed E-state index contributed by atoms with van der Waals surface area (Å²) >= 11 is 0. The van der Waals surface area contributed by atoms with Crippen LogP contribution < -0.4 is 5.73 Å². The molecular formula is C10H13NO. The minimum Gasteiger partial charge on any atom is -0.511 e. The molecule has 0 aliphatic rings. The van der Waals surface area contributed by atoms with Gasteiger partial charge in [-0.05, 0) is 18.1 Å². The van der Waals surface area contributed by atoms with Crippen molar-refractivity contribution >= 4 is 0 Å². The summed E-state index contributed by atoms with van der Waals surface area (Å²) in [6.07, 6.45) is 2.47. The van der Waals surface area contributed by atoms with Crippen molar-refractivity contribution in [1.82, 2.24) is 0 Å². The van der Waals surface area contributed by atoms with Crippen molar-refractivity contribution in [2.75, 3.05) is 6.54 Å². The molecule has 0 aliphatic heterocycles. The molecule has 64 valence electrons. The van der Waals surface area contributed by atoms with Gasteiger partial charge < -0.3 is 10.8 Å². The van der Waals surface area contributed by atoms with E-state index in [9.17, 15) is 0 Å². The van der Waals surface area contributed by atoms with Crippen LogP contribution in [0.5, 0.6) is 0 Å². The van der Waals surface area contributed by atoms with E-state index in [0.29, 0.717) is 0 Å². The number of aliphatic hydroxyl groups excluding tert-OH is 1. The molecule has 3 N–H and O–H groups in total. The fraction of sp³-hybridized carbons (Fsp3) is 0.200. The van der Waals surface area contributed by atoms with Crippen molar-refractivity contribution in [3.8, 4) is 0 Å². The van der Waals surface area contributed by atoms with Crippen molar-refractivity contribution in [1.29, 1.82) is 0 Å². The molecule has 1 aromatic carbocycles. The first-order valence-corrected chi connectivity index (χ1v) is 3.95. The van der Waals surface area contributed by atoms with Crippen LogP contribution >= 0.6 is 0 Å². The highest BCUT2D eigenvalue weighted by Gasteiger charge is 1.89. The van der Waals surface area contributed by atoms with Gasteiger partial charge in [0.25, 0.3) is 0 Å². The van der Waals surface area contributed by atoms with Crippen LogP contribution in [0.1, 0.15) is 5.56 Å². The standard InChI is InChI=1S/C10H13NO/c11-8-10(12)7-6-9-4-2-1-3-5-9/h1-5,7,12H,6,8,11H2/b10-7-. The van der Waals surface area contributed by atoms with E-state index in [2.05, 4.69) is 0 Å². The van der Waals surface area contributed by atoms with E-state index in [1.54, 1.807) is 6.08 Å². The third kappa shape index (κ3) is 2.76. The van der Waals surface area contributed by atoms with E-state index in [4.69, 9.17) is 10.8 Å². The molecule has 0 aromatic heterocycles. The third-order valence-corrected chi connectivity index (χ3v) is 1.63. The van der Waals surface area contributed by atoms with Gasteiger partial charge in [0.2, 0.25) is 0 Å². The molecule has 0 fully saturated rings. The zero-order chi connectivity index (χ0) is 8.81. The van der Waals surface area contributed by atoms with Gasteiger partial charge >= 0.3 is 0 Å². The van der Waals surface area contributed by atoms with E-state index >= 15 is 0 Å². The van der Waals surface area contributed by atoms with Gasteiger partial charge in [0.1, 0.15) is 5.76 Å². The maximum Gasteiger partial charge on any atom is 0.102 e. The predicted molar refractivity (Wildman–Crippen MR) is 49.9 cm³/mol. The van der Waals surface area contributed by atoms with Gasteiger partial charge in [-0.25, -0.2) is 0 Å². The minimum absolute atomic E-state index is 0.215. The number of hydrogen-bond acceptors (Lipinski definition) is 2. The Balaban J connectivity index is 2.54. The summed E-state index contributed by atoms with van der Waals surface area (Å²) < 4.78 is 0. The Morgan fingerprint density at radius 1 is 1.33 bits per heavy atom. The zero-order valence-electron chi connectivity index (χ0n) is 6.90. The maximum absolute atomic E-state index is 9.06. The zero-order valence-corrected chi connectivity index (χ0v) is 6.90. The van der Waals surface area contributed by atoms with Crippen molar-refractivity contribution in [3.63, 3.8) is 0 Å². The molecule has 0 unspecified atom stereocenters. The molecular weight excluding hydrogens is 150 g/mol.